The first-order chi connectivity index (χ1) is 12.0. The minimum Gasteiger partial charge on any atom is -0.531 e. The molecule has 1 aliphatic carbocycles. The second-order valence-electron chi connectivity index (χ2n) is 6.68. The van der Waals surface area contributed by atoms with E-state index in [-0.39, 0.29) is 17.6 Å². The van der Waals surface area contributed by atoms with Crippen LogP contribution < -0.4 is 9.38 Å². The normalized spacial score (nSPS) is 23.0. The predicted octanol–water partition coefficient (Wildman–Crippen LogP) is 1.32. The third kappa shape index (κ3) is 3.07. The number of hydrogen-bond acceptors (Lipinski definition) is 5. The molecular weight excluding hydrogens is 341 g/mol. The highest BCUT2D eigenvalue weighted by Gasteiger charge is 2.39. The lowest BCUT2D eigenvalue weighted by Gasteiger charge is -2.38. The van der Waals surface area contributed by atoms with Crippen molar-refractivity contribution in [2.45, 2.75) is 19.8 Å². The molecule has 9 heteroatoms. The first-order valence-electron chi connectivity index (χ1n) is 8.47. The average Bonchev–Trinajstić information content (AvgIpc) is 2.98. The second kappa shape index (κ2) is 6.15. The Morgan fingerprint density at radius 1 is 1.48 bits per heavy atom. The fraction of sp³-hybridized carbons (Fsp3) is 0.438. The van der Waals surface area contributed by atoms with E-state index in [1.807, 2.05) is 12.3 Å². The third-order valence-corrected chi connectivity index (χ3v) is 6.54. The average molecular weight is 361 g/mol. The van der Waals surface area contributed by atoms with Gasteiger partial charge in [-0.1, -0.05) is 6.92 Å². The molecule has 132 valence electrons. The first-order valence-corrected chi connectivity index (χ1v) is 10.1. The number of fused-ring (bicyclic) bond motifs is 3. The maximum atomic E-state index is 11.9. The number of allylic oxidation sites excluding steroid dienone is 1. The van der Waals surface area contributed by atoms with Crippen molar-refractivity contribution >= 4 is 33.7 Å². The molecule has 1 fully saturated rings. The van der Waals surface area contributed by atoms with E-state index >= 15 is 0 Å². The standard InChI is InChI=1S/C16H20BN3O4S/c1-2-20-25(22,23)9-10-5-11(6-10)13-7-17(21)24-14-8-19-16-12(15(13)14)3-4-18-16/h3-4,7-8,10-11,20-21H,2,5-6,9H2,1H3,(H,18,19). The summed E-state index contributed by atoms with van der Waals surface area (Å²) in [5, 5.41) is 11.0. The van der Waals surface area contributed by atoms with Crippen LogP contribution in [0.2, 0.25) is 0 Å². The van der Waals surface area contributed by atoms with Gasteiger partial charge in [-0.15, -0.1) is 0 Å². The van der Waals surface area contributed by atoms with Crippen molar-refractivity contribution in [3.8, 4) is 5.75 Å². The summed E-state index contributed by atoms with van der Waals surface area (Å²) in [7, 11) is -4.20. The van der Waals surface area contributed by atoms with Crippen LogP contribution in [0.4, 0.5) is 0 Å². The number of rotatable bonds is 5. The fourth-order valence-electron chi connectivity index (χ4n) is 3.83. The molecule has 2 aliphatic rings. The Morgan fingerprint density at radius 2 is 2.28 bits per heavy atom. The summed E-state index contributed by atoms with van der Waals surface area (Å²) >= 11 is 0. The van der Waals surface area contributed by atoms with Crippen LogP contribution in [0, 0.1) is 11.8 Å². The molecule has 2 aromatic rings. The van der Waals surface area contributed by atoms with Crippen molar-refractivity contribution in [1.29, 1.82) is 0 Å². The van der Waals surface area contributed by atoms with Gasteiger partial charge in [0.2, 0.25) is 10.0 Å². The van der Waals surface area contributed by atoms with Gasteiger partial charge >= 0.3 is 7.12 Å². The van der Waals surface area contributed by atoms with Gasteiger partial charge in [0.15, 0.2) is 0 Å². The Morgan fingerprint density at radius 3 is 3.04 bits per heavy atom. The molecule has 0 atom stereocenters. The summed E-state index contributed by atoms with van der Waals surface area (Å²) in [4.78, 5) is 7.39. The molecule has 3 heterocycles. The van der Waals surface area contributed by atoms with Gasteiger partial charge in [-0.2, -0.15) is 0 Å². The lowest BCUT2D eigenvalue weighted by atomic mass is 9.66. The van der Waals surface area contributed by atoms with E-state index in [2.05, 4.69) is 14.7 Å². The molecule has 1 saturated carbocycles. The second-order valence-corrected chi connectivity index (χ2v) is 8.53. The van der Waals surface area contributed by atoms with E-state index in [1.54, 1.807) is 19.1 Å². The molecule has 7 nitrogen and oxygen atoms in total. The smallest absolute Gasteiger partial charge is 0.531 e. The van der Waals surface area contributed by atoms with Crippen molar-refractivity contribution in [3.05, 3.63) is 30.0 Å². The molecular formula is C16H20BN3O4S. The summed E-state index contributed by atoms with van der Waals surface area (Å²) in [6, 6.07) is 1.95. The van der Waals surface area contributed by atoms with Crippen LogP contribution >= 0.6 is 0 Å². The topological polar surface area (TPSA) is 104 Å². The van der Waals surface area contributed by atoms with Crippen molar-refractivity contribution in [1.82, 2.24) is 14.7 Å². The summed E-state index contributed by atoms with van der Waals surface area (Å²) in [6.45, 7) is 2.20. The predicted molar refractivity (Wildman–Crippen MR) is 96.3 cm³/mol. The van der Waals surface area contributed by atoms with E-state index < -0.39 is 17.1 Å². The molecule has 3 N–H and O–H groups in total. The number of H-pyrrole nitrogens is 1. The largest absolute Gasteiger partial charge is 0.552 e. The number of hydrogen-bond donors (Lipinski definition) is 3. The number of nitrogens with one attached hydrogen (secondary N) is 2. The van der Waals surface area contributed by atoms with Gasteiger partial charge < -0.3 is 14.7 Å². The molecule has 0 aromatic carbocycles. The molecule has 25 heavy (non-hydrogen) atoms. The zero-order chi connectivity index (χ0) is 17.6. The highest BCUT2D eigenvalue weighted by molar-refractivity contribution is 7.89. The van der Waals surface area contributed by atoms with E-state index in [1.165, 1.54) is 0 Å². The molecule has 0 unspecified atom stereocenters. The van der Waals surface area contributed by atoms with Crippen LogP contribution in [-0.4, -0.2) is 42.8 Å². The van der Waals surface area contributed by atoms with Crippen LogP contribution in [0.3, 0.4) is 0 Å². The fourth-order valence-corrected chi connectivity index (χ4v) is 5.28. The minimum absolute atomic E-state index is 0.141. The zero-order valence-electron chi connectivity index (χ0n) is 13.9. The Bertz CT molecular complexity index is 934. The number of nitrogens with zero attached hydrogens (tertiary/aromatic N) is 1. The molecule has 1 aliphatic heterocycles. The van der Waals surface area contributed by atoms with Gasteiger partial charge in [0.25, 0.3) is 0 Å². The number of aromatic amines is 1. The van der Waals surface area contributed by atoms with Crippen molar-refractivity contribution in [2.24, 2.45) is 11.8 Å². The minimum atomic E-state index is -3.20. The summed E-state index contributed by atoms with van der Waals surface area (Å²) < 4.78 is 31.9. The molecule has 4 rings (SSSR count). The van der Waals surface area contributed by atoms with Crippen molar-refractivity contribution < 1.29 is 18.1 Å². The molecule has 0 spiro atoms. The van der Waals surface area contributed by atoms with Gasteiger partial charge in [0.05, 0.1) is 11.9 Å². The van der Waals surface area contributed by atoms with Gasteiger partial charge in [0.1, 0.15) is 11.4 Å². The monoisotopic (exact) mass is 361 g/mol. The van der Waals surface area contributed by atoms with E-state index in [4.69, 9.17) is 4.65 Å². The van der Waals surface area contributed by atoms with E-state index in [0.29, 0.717) is 12.3 Å². The zero-order valence-corrected chi connectivity index (χ0v) is 14.7. The molecule has 0 amide bonds. The van der Waals surface area contributed by atoms with Gasteiger partial charge in [-0.05, 0) is 42.3 Å². The number of sulfonamides is 1. The maximum Gasteiger partial charge on any atom is 0.552 e. The van der Waals surface area contributed by atoms with Crippen LogP contribution in [-0.2, 0) is 10.0 Å². The number of aromatic nitrogens is 2. The third-order valence-electron chi connectivity index (χ3n) is 4.91. The quantitative estimate of drug-likeness (QED) is 0.697. The molecule has 0 radical (unpaired) electrons. The molecule has 0 saturated heterocycles. The number of pyridine rings is 1. The lowest BCUT2D eigenvalue weighted by molar-refractivity contribution is 0.272. The van der Waals surface area contributed by atoms with Gasteiger partial charge in [-0.3, -0.25) is 0 Å². The van der Waals surface area contributed by atoms with E-state index in [0.717, 1.165) is 35.0 Å². The van der Waals surface area contributed by atoms with Crippen LogP contribution in [0.15, 0.2) is 24.4 Å². The Labute approximate surface area is 146 Å². The molecule has 0 bridgehead atoms. The van der Waals surface area contributed by atoms with Crippen LogP contribution in [0.5, 0.6) is 5.75 Å². The lowest BCUT2D eigenvalue weighted by Crippen LogP contribution is -2.37. The highest BCUT2D eigenvalue weighted by Crippen LogP contribution is 2.48. The summed E-state index contributed by atoms with van der Waals surface area (Å²) in [5.41, 5.74) is 2.75. The SMILES string of the molecule is CCNS(=O)(=O)CC1CC(C2=CB(O)Oc3cnc4[nH]ccc4c32)C1. The molecule has 2 aromatic heterocycles. The van der Waals surface area contributed by atoms with E-state index in [9.17, 15) is 13.4 Å². The first kappa shape index (κ1) is 16.6. The Balaban J connectivity index is 1.57. The van der Waals surface area contributed by atoms with Gasteiger partial charge in [-0.25, -0.2) is 18.1 Å². The highest BCUT2D eigenvalue weighted by atomic mass is 32.2. The van der Waals surface area contributed by atoms with Crippen LogP contribution in [0.1, 0.15) is 25.3 Å². The maximum absolute atomic E-state index is 11.9. The summed E-state index contributed by atoms with van der Waals surface area (Å²) in [5.74, 6) is 2.82. The van der Waals surface area contributed by atoms with Crippen molar-refractivity contribution in [2.75, 3.05) is 12.3 Å². The van der Waals surface area contributed by atoms with Crippen molar-refractivity contribution in [3.63, 3.8) is 0 Å². The Hall–Kier alpha value is -1.84. The van der Waals surface area contributed by atoms with Crippen LogP contribution in [0.25, 0.3) is 16.6 Å². The Kier molecular flexibility index (Phi) is 4.09. The summed E-state index contributed by atoms with van der Waals surface area (Å²) in [6.07, 6.45) is 5.02. The van der Waals surface area contributed by atoms with Gasteiger partial charge in [0, 0.05) is 23.7 Å².